The summed E-state index contributed by atoms with van der Waals surface area (Å²) in [5.41, 5.74) is -0.232. The average Bonchev–Trinajstić information content (AvgIpc) is 2.73. The second kappa shape index (κ2) is 9.75. The van der Waals surface area contributed by atoms with E-state index in [1.165, 1.54) is 22.4 Å². The monoisotopic (exact) mass is 473 g/mol. The third-order valence-corrected chi connectivity index (χ3v) is 5.34. The van der Waals surface area contributed by atoms with Gasteiger partial charge in [0.05, 0.1) is 5.03 Å². The van der Waals surface area contributed by atoms with Crippen LogP contribution in [0.1, 0.15) is 36.7 Å². The molecular weight excluding hydrogens is 450 g/mol. The number of ether oxygens (including phenoxy) is 1. The first-order valence-electron chi connectivity index (χ1n) is 9.90. The number of hydrogen-bond acceptors (Lipinski definition) is 6. The number of hydrogen-bond donors (Lipinski definition) is 1. The molecule has 1 aromatic carbocycles. The number of halogens is 1. The molecule has 0 fully saturated rings. The van der Waals surface area contributed by atoms with Gasteiger partial charge >= 0.3 is 5.97 Å². The number of rotatable bonds is 6. The number of pyridine rings is 2. The minimum absolute atomic E-state index is 0.0753. The average molecular weight is 474 g/mol. The van der Waals surface area contributed by atoms with Crippen LogP contribution in [0.5, 0.6) is 0 Å². The summed E-state index contributed by atoms with van der Waals surface area (Å²) in [5, 5.41) is 4.60. The highest BCUT2D eigenvalue weighted by Gasteiger charge is 2.21. The van der Waals surface area contributed by atoms with Crippen molar-refractivity contribution in [2.75, 3.05) is 6.26 Å². The normalized spacial score (nSPS) is 11.4. The maximum Gasteiger partial charge on any atom is 0.326 e. The highest BCUT2D eigenvalue weighted by atomic mass is 35.5. The molecule has 9 heteroatoms. The zero-order valence-electron chi connectivity index (χ0n) is 18.3. The number of carbonyl (C=O) groups excluding carboxylic acids is 2. The van der Waals surface area contributed by atoms with Crippen LogP contribution in [0.2, 0.25) is 5.02 Å². The Labute approximate surface area is 195 Å². The van der Waals surface area contributed by atoms with Gasteiger partial charge in [0, 0.05) is 17.0 Å². The van der Waals surface area contributed by atoms with Gasteiger partial charge in [-0.25, -0.2) is 4.98 Å². The summed E-state index contributed by atoms with van der Waals surface area (Å²) in [6.07, 6.45) is 1.86. The maximum atomic E-state index is 13.2. The van der Waals surface area contributed by atoms with Crippen LogP contribution in [0, 0.1) is 0 Å². The van der Waals surface area contributed by atoms with Crippen molar-refractivity contribution < 1.29 is 14.3 Å². The van der Waals surface area contributed by atoms with Crippen molar-refractivity contribution in [3.8, 4) is 0 Å². The standard InChI is InChI=1S/C23H24ClN3O4S/c1-23(2,3)31-19(28)13-27-20-15(7-10-18(26-20)32-4)11-17(22(27)30)21(29)25-12-14-5-8-16(24)9-6-14/h5-11H,12-13H2,1-4H3,(H,25,29). The minimum Gasteiger partial charge on any atom is -0.459 e. The maximum absolute atomic E-state index is 13.2. The van der Waals surface area contributed by atoms with Crippen molar-refractivity contribution in [3.05, 3.63) is 69.0 Å². The molecule has 32 heavy (non-hydrogen) atoms. The molecule has 0 unspecified atom stereocenters. The predicted molar refractivity (Wildman–Crippen MR) is 126 cm³/mol. The van der Waals surface area contributed by atoms with Gasteiger partial charge in [0.25, 0.3) is 11.5 Å². The topological polar surface area (TPSA) is 90.3 Å². The molecule has 7 nitrogen and oxygen atoms in total. The van der Waals surface area contributed by atoms with Crippen LogP contribution >= 0.6 is 23.4 Å². The largest absolute Gasteiger partial charge is 0.459 e. The third-order valence-electron chi connectivity index (χ3n) is 4.44. The molecule has 0 radical (unpaired) electrons. The number of thioether (sulfide) groups is 1. The van der Waals surface area contributed by atoms with Gasteiger partial charge in [0.2, 0.25) is 0 Å². The van der Waals surface area contributed by atoms with Gasteiger partial charge in [-0.05, 0) is 62.9 Å². The lowest BCUT2D eigenvalue weighted by molar-refractivity contribution is -0.155. The molecule has 1 amide bonds. The first-order chi connectivity index (χ1) is 15.1. The Morgan fingerprint density at radius 3 is 2.47 bits per heavy atom. The molecule has 1 N–H and O–H groups in total. The van der Waals surface area contributed by atoms with Crippen molar-refractivity contribution in [3.63, 3.8) is 0 Å². The summed E-state index contributed by atoms with van der Waals surface area (Å²) >= 11 is 7.30. The SMILES string of the molecule is CSc1ccc2cc(C(=O)NCc3ccc(Cl)cc3)c(=O)n(CC(=O)OC(C)(C)C)c2n1. The molecule has 2 aromatic heterocycles. The molecule has 0 aliphatic heterocycles. The molecular formula is C23H24ClN3O4S. The molecule has 0 saturated carbocycles. The number of esters is 1. The molecule has 168 valence electrons. The number of fused-ring (bicyclic) bond motifs is 1. The fourth-order valence-electron chi connectivity index (χ4n) is 3.04. The Morgan fingerprint density at radius 2 is 1.84 bits per heavy atom. The quantitative estimate of drug-likeness (QED) is 0.429. The first-order valence-corrected chi connectivity index (χ1v) is 11.5. The van der Waals surface area contributed by atoms with Crippen LogP contribution in [-0.4, -0.2) is 33.3 Å². The van der Waals surface area contributed by atoms with Gasteiger partial charge < -0.3 is 10.1 Å². The van der Waals surface area contributed by atoms with E-state index in [9.17, 15) is 14.4 Å². The lowest BCUT2D eigenvalue weighted by Gasteiger charge is -2.20. The van der Waals surface area contributed by atoms with E-state index in [2.05, 4.69) is 10.3 Å². The number of aromatic nitrogens is 2. The number of benzene rings is 1. The van der Waals surface area contributed by atoms with Crippen molar-refractivity contribution in [1.82, 2.24) is 14.9 Å². The molecule has 3 rings (SSSR count). The lowest BCUT2D eigenvalue weighted by Crippen LogP contribution is -2.36. The van der Waals surface area contributed by atoms with Crippen LogP contribution in [0.3, 0.4) is 0 Å². The van der Waals surface area contributed by atoms with Crippen molar-refractivity contribution >= 4 is 46.3 Å². The summed E-state index contributed by atoms with van der Waals surface area (Å²) in [4.78, 5) is 43.0. The minimum atomic E-state index is -0.706. The lowest BCUT2D eigenvalue weighted by atomic mass is 10.1. The Kier molecular flexibility index (Phi) is 7.26. The van der Waals surface area contributed by atoms with Crippen LogP contribution in [0.4, 0.5) is 0 Å². The van der Waals surface area contributed by atoms with E-state index in [1.807, 2.05) is 6.26 Å². The summed E-state index contributed by atoms with van der Waals surface area (Å²) in [7, 11) is 0. The molecule has 0 atom stereocenters. The first kappa shape index (κ1) is 23.8. The fraction of sp³-hybridized carbons (Fsp3) is 0.304. The molecule has 0 bridgehead atoms. The zero-order valence-corrected chi connectivity index (χ0v) is 19.8. The fourth-order valence-corrected chi connectivity index (χ4v) is 3.54. The molecule has 0 aliphatic rings. The summed E-state index contributed by atoms with van der Waals surface area (Å²) in [5.74, 6) is -1.13. The number of nitrogens with zero attached hydrogens (tertiary/aromatic N) is 2. The van der Waals surface area contributed by atoms with Crippen LogP contribution < -0.4 is 10.9 Å². The molecule has 2 heterocycles. The van der Waals surface area contributed by atoms with E-state index in [-0.39, 0.29) is 18.7 Å². The number of amides is 1. The Balaban J connectivity index is 1.98. The van der Waals surface area contributed by atoms with Gasteiger partial charge in [0.15, 0.2) is 0 Å². The van der Waals surface area contributed by atoms with Crippen LogP contribution in [0.25, 0.3) is 11.0 Å². The summed E-state index contributed by atoms with van der Waals surface area (Å²) < 4.78 is 6.57. The van der Waals surface area contributed by atoms with Gasteiger partial charge in [0.1, 0.15) is 23.4 Å². The van der Waals surface area contributed by atoms with Crippen molar-refractivity contribution in [1.29, 1.82) is 0 Å². The summed E-state index contributed by atoms with van der Waals surface area (Å²) in [6, 6.07) is 12.1. The second-order valence-electron chi connectivity index (χ2n) is 8.11. The molecule has 0 saturated heterocycles. The number of nitrogens with one attached hydrogen (secondary N) is 1. The van der Waals surface area contributed by atoms with Gasteiger partial charge in [-0.1, -0.05) is 23.7 Å². The summed E-state index contributed by atoms with van der Waals surface area (Å²) in [6.45, 7) is 5.11. The van der Waals surface area contributed by atoms with E-state index in [0.717, 1.165) is 5.56 Å². The third kappa shape index (κ3) is 5.89. The Hall–Kier alpha value is -2.84. The van der Waals surface area contributed by atoms with E-state index in [0.29, 0.717) is 21.1 Å². The smallest absolute Gasteiger partial charge is 0.326 e. The van der Waals surface area contributed by atoms with E-state index in [1.54, 1.807) is 57.2 Å². The zero-order chi connectivity index (χ0) is 23.5. The van der Waals surface area contributed by atoms with Gasteiger partial charge in [-0.3, -0.25) is 19.0 Å². The van der Waals surface area contributed by atoms with E-state index >= 15 is 0 Å². The second-order valence-corrected chi connectivity index (χ2v) is 9.37. The van der Waals surface area contributed by atoms with Crippen molar-refractivity contribution in [2.24, 2.45) is 0 Å². The van der Waals surface area contributed by atoms with Gasteiger partial charge in [-0.15, -0.1) is 11.8 Å². The van der Waals surface area contributed by atoms with E-state index in [4.69, 9.17) is 16.3 Å². The predicted octanol–water partition coefficient (Wildman–Crippen LogP) is 4.04. The molecule has 0 aliphatic carbocycles. The molecule has 0 spiro atoms. The molecule has 3 aromatic rings. The van der Waals surface area contributed by atoms with Crippen LogP contribution in [0.15, 0.2) is 52.3 Å². The van der Waals surface area contributed by atoms with E-state index < -0.39 is 23.0 Å². The number of carbonyl (C=O) groups is 2. The Bertz CT molecular complexity index is 1220. The Morgan fingerprint density at radius 1 is 1.16 bits per heavy atom. The van der Waals surface area contributed by atoms with Crippen LogP contribution in [-0.2, 0) is 22.6 Å². The highest BCUT2D eigenvalue weighted by Crippen LogP contribution is 2.19. The highest BCUT2D eigenvalue weighted by molar-refractivity contribution is 7.98. The van der Waals surface area contributed by atoms with Crippen molar-refractivity contribution in [2.45, 2.75) is 44.5 Å². The van der Waals surface area contributed by atoms with Gasteiger partial charge in [-0.2, -0.15) is 0 Å².